The Hall–Kier alpha value is -1.33. The van der Waals surface area contributed by atoms with Gasteiger partial charge in [0.15, 0.2) is 0 Å². The summed E-state index contributed by atoms with van der Waals surface area (Å²) in [6.07, 6.45) is 2.40. The van der Waals surface area contributed by atoms with E-state index in [1.165, 1.54) is 23.2 Å². The van der Waals surface area contributed by atoms with Crippen LogP contribution in [0.5, 0.6) is 5.75 Å². The maximum Gasteiger partial charge on any atom is 0.126 e. The molecule has 1 unspecified atom stereocenters. The normalized spacial score (nSPS) is 12.1. The van der Waals surface area contributed by atoms with E-state index in [0.29, 0.717) is 0 Å². The molecule has 0 aliphatic heterocycles. The van der Waals surface area contributed by atoms with E-state index in [4.69, 9.17) is 4.74 Å². The quantitative estimate of drug-likeness (QED) is 0.745. The molecule has 1 nitrogen and oxygen atoms in total. The monoisotopic (exact) mass is 258 g/mol. The largest absolute Gasteiger partial charge is 0.496 e. The molecule has 0 N–H and O–H groups in total. The molecule has 2 aromatic rings. The third kappa shape index (κ3) is 2.91. The molecule has 18 heavy (non-hydrogen) atoms. The summed E-state index contributed by atoms with van der Waals surface area (Å²) in [7, 11) is 1.45. The van der Waals surface area contributed by atoms with Crippen LogP contribution in [0.1, 0.15) is 13.3 Å². The molecule has 0 amide bonds. The second kappa shape index (κ2) is 6.56. The van der Waals surface area contributed by atoms with Gasteiger partial charge in [0.1, 0.15) is 5.75 Å². The second-order valence-corrected chi connectivity index (χ2v) is 6.46. The third-order valence-corrected chi connectivity index (χ3v) is 5.66. The molecule has 2 rings (SSSR count). The van der Waals surface area contributed by atoms with E-state index in [1.54, 1.807) is 7.11 Å². The number of hydrogen-bond donors (Lipinski definition) is 0. The van der Waals surface area contributed by atoms with Crippen LogP contribution < -0.4 is 15.3 Å². The number of ether oxygens (including phenoxy) is 1. The van der Waals surface area contributed by atoms with E-state index in [2.05, 4.69) is 55.5 Å². The number of para-hydroxylation sites is 1. The van der Waals surface area contributed by atoms with Gasteiger partial charge in [0.2, 0.25) is 0 Å². The van der Waals surface area contributed by atoms with Crippen molar-refractivity contribution in [3.8, 4) is 5.75 Å². The van der Waals surface area contributed by atoms with Crippen LogP contribution in [-0.4, -0.2) is 13.3 Å². The lowest BCUT2D eigenvalue weighted by Crippen LogP contribution is -2.15. The molecule has 0 aliphatic carbocycles. The van der Waals surface area contributed by atoms with Crippen molar-refractivity contribution in [3.05, 3.63) is 54.6 Å². The van der Waals surface area contributed by atoms with Gasteiger partial charge >= 0.3 is 0 Å². The lowest BCUT2D eigenvalue weighted by atomic mass is 10.3. The Morgan fingerprint density at radius 3 is 2.28 bits per heavy atom. The minimum atomic E-state index is -0.303. The fourth-order valence-electron chi connectivity index (χ4n) is 2.07. The molecule has 0 aromatic heterocycles. The Balaban J connectivity index is 2.41. The molecule has 0 spiro atoms. The number of hydrogen-bond acceptors (Lipinski definition) is 1. The van der Waals surface area contributed by atoms with Crippen LogP contribution >= 0.6 is 7.92 Å². The maximum atomic E-state index is 5.51. The highest BCUT2D eigenvalue weighted by Crippen LogP contribution is 2.37. The average molecular weight is 258 g/mol. The first-order chi connectivity index (χ1) is 8.86. The Kier molecular flexibility index (Phi) is 4.78. The predicted octanol–water partition coefficient (Wildman–Crippen LogP) is 3.54. The predicted molar refractivity (Wildman–Crippen MR) is 80.8 cm³/mol. The van der Waals surface area contributed by atoms with Crippen molar-refractivity contribution in [2.24, 2.45) is 0 Å². The topological polar surface area (TPSA) is 9.23 Å². The molecule has 0 heterocycles. The summed E-state index contributed by atoms with van der Waals surface area (Å²) in [6, 6.07) is 19.2. The van der Waals surface area contributed by atoms with Gasteiger partial charge < -0.3 is 4.74 Å². The molecule has 2 heteroatoms. The van der Waals surface area contributed by atoms with Gasteiger partial charge in [0.25, 0.3) is 0 Å². The molecular formula is C16H19OP. The van der Waals surface area contributed by atoms with Crippen LogP contribution in [-0.2, 0) is 0 Å². The van der Waals surface area contributed by atoms with Crippen LogP contribution in [0.2, 0.25) is 0 Å². The van der Waals surface area contributed by atoms with Crippen molar-refractivity contribution in [1.29, 1.82) is 0 Å². The molecular weight excluding hydrogens is 239 g/mol. The van der Waals surface area contributed by atoms with Gasteiger partial charge in [0, 0.05) is 5.30 Å². The van der Waals surface area contributed by atoms with Crippen molar-refractivity contribution in [2.75, 3.05) is 13.3 Å². The SMILES string of the molecule is CCCP(c1ccccc1)c1ccccc1OC. The smallest absolute Gasteiger partial charge is 0.126 e. The van der Waals surface area contributed by atoms with Gasteiger partial charge in [-0.05, 0) is 25.5 Å². The zero-order chi connectivity index (χ0) is 12.8. The average Bonchev–Trinajstić information content (AvgIpc) is 2.46. The van der Waals surface area contributed by atoms with Gasteiger partial charge in [-0.3, -0.25) is 0 Å². The Morgan fingerprint density at radius 1 is 0.944 bits per heavy atom. The molecule has 0 bridgehead atoms. The van der Waals surface area contributed by atoms with Gasteiger partial charge in [-0.15, -0.1) is 0 Å². The summed E-state index contributed by atoms with van der Waals surface area (Å²) in [5.41, 5.74) is 0. The number of rotatable bonds is 5. The molecule has 0 aliphatic rings. The maximum absolute atomic E-state index is 5.51. The minimum absolute atomic E-state index is 0.303. The summed E-state index contributed by atoms with van der Waals surface area (Å²) in [4.78, 5) is 0. The highest BCUT2D eigenvalue weighted by atomic mass is 31.1. The van der Waals surface area contributed by atoms with E-state index >= 15 is 0 Å². The molecule has 1 atom stereocenters. The number of benzene rings is 2. The molecule has 0 fully saturated rings. The minimum Gasteiger partial charge on any atom is -0.496 e. The summed E-state index contributed by atoms with van der Waals surface area (Å²) in [5, 5.41) is 2.78. The highest BCUT2D eigenvalue weighted by molar-refractivity contribution is 7.73. The van der Waals surface area contributed by atoms with Crippen molar-refractivity contribution in [1.82, 2.24) is 0 Å². The highest BCUT2D eigenvalue weighted by Gasteiger charge is 2.16. The second-order valence-electron chi connectivity index (χ2n) is 4.16. The van der Waals surface area contributed by atoms with Gasteiger partial charge in [0.05, 0.1) is 7.11 Å². The first-order valence-corrected chi connectivity index (χ1v) is 7.85. The van der Waals surface area contributed by atoms with E-state index in [-0.39, 0.29) is 7.92 Å². The van der Waals surface area contributed by atoms with Crippen molar-refractivity contribution in [2.45, 2.75) is 13.3 Å². The van der Waals surface area contributed by atoms with Crippen molar-refractivity contribution in [3.63, 3.8) is 0 Å². The Bertz CT molecular complexity index is 481. The molecule has 0 saturated heterocycles. The Morgan fingerprint density at radius 2 is 1.61 bits per heavy atom. The first-order valence-electron chi connectivity index (χ1n) is 6.32. The van der Waals surface area contributed by atoms with Crippen LogP contribution in [0.4, 0.5) is 0 Å². The molecule has 0 saturated carbocycles. The summed E-state index contributed by atoms with van der Waals surface area (Å²) < 4.78 is 5.51. The van der Waals surface area contributed by atoms with Crippen LogP contribution in [0.25, 0.3) is 0 Å². The fraction of sp³-hybridized carbons (Fsp3) is 0.250. The molecule has 2 aromatic carbocycles. The Labute approximate surface area is 111 Å². The van der Waals surface area contributed by atoms with Gasteiger partial charge in [-0.25, -0.2) is 0 Å². The summed E-state index contributed by atoms with van der Waals surface area (Å²) in [6.45, 7) is 2.24. The van der Waals surface area contributed by atoms with Gasteiger partial charge in [-0.1, -0.05) is 61.9 Å². The van der Waals surface area contributed by atoms with Crippen LogP contribution in [0.15, 0.2) is 54.6 Å². The van der Waals surface area contributed by atoms with E-state index in [9.17, 15) is 0 Å². The van der Waals surface area contributed by atoms with Crippen LogP contribution in [0.3, 0.4) is 0 Å². The number of methoxy groups -OCH3 is 1. The third-order valence-electron chi connectivity index (χ3n) is 2.89. The first kappa shape index (κ1) is 13.1. The standard InChI is InChI=1S/C16H19OP/c1-3-13-18(14-9-5-4-6-10-14)16-12-8-7-11-15(16)17-2/h4-12H,3,13H2,1-2H3. The summed E-state index contributed by atoms with van der Waals surface area (Å²) >= 11 is 0. The van der Waals surface area contributed by atoms with Crippen molar-refractivity contribution < 1.29 is 4.74 Å². The lowest BCUT2D eigenvalue weighted by molar-refractivity contribution is 0.418. The summed E-state index contributed by atoms with van der Waals surface area (Å²) in [5.74, 6) is 1.01. The zero-order valence-corrected chi connectivity index (χ0v) is 11.9. The van der Waals surface area contributed by atoms with E-state index < -0.39 is 0 Å². The fourth-order valence-corrected chi connectivity index (χ4v) is 4.53. The van der Waals surface area contributed by atoms with Crippen LogP contribution in [0, 0.1) is 0 Å². The molecule has 94 valence electrons. The molecule has 0 radical (unpaired) electrons. The van der Waals surface area contributed by atoms with Crippen molar-refractivity contribution >= 4 is 18.5 Å². The zero-order valence-electron chi connectivity index (χ0n) is 11.0. The van der Waals surface area contributed by atoms with Gasteiger partial charge in [-0.2, -0.15) is 0 Å². The lowest BCUT2D eigenvalue weighted by Gasteiger charge is -2.20. The van der Waals surface area contributed by atoms with E-state index in [1.807, 2.05) is 6.07 Å². The van der Waals surface area contributed by atoms with E-state index in [0.717, 1.165) is 5.75 Å².